The van der Waals surface area contributed by atoms with Crippen LogP contribution < -0.4 is 20.1 Å². The zero-order chi connectivity index (χ0) is 24.5. The minimum atomic E-state index is -0.352. The van der Waals surface area contributed by atoms with Gasteiger partial charge in [0, 0.05) is 23.2 Å². The zero-order valence-corrected chi connectivity index (χ0v) is 21.6. The van der Waals surface area contributed by atoms with Gasteiger partial charge in [-0.3, -0.25) is 10.1 Å². The van der Waals surface area contributed by atoms with Crippen molar-refractivity contribution in [2.75, 3.05) is 25.1 Å². The predicted octanol–water partition coefficient (Wildman–Crippen LogP) is 5.76. The average Bonchev–Trinajstić information content (AvgIpc) is 3.39. The first kappa shape index (κ1) is 25.2. The van der Waals surface area contributed by atoms with Gasteiger partial charge in [-0.05, 0) is 73.1 Å². The first-order valence-corrected chi connectivity index (χ1v) is 12.7. The fourth-order valence-electron chi connectivity index (χ4n) is 3.66. The second kappa shape index (κ2) is 12.7. The van der Waals surface area contributed by atoms with Crippen molar-refractivity contribution in [3.63, 3.8) is 0 Å². The number of hydrogen-bond donors (Lipinski definition) is 2. The van der Waals surface area contributed by atoms with Crippen LogP contribution in [0.2, 0.25) is 0 Å². The van der Waals surface area contributed by atoms with Crippen molar-refractivity contribution in [3.05, 3.63) is 88.4 Å². The van der Waals surface area contributed by atoms with Crippen LogP contribution in [0, 0.1) is 0 Å². The van der Waals surface area contributed by atoms with Gasteiger partial charge in [-0.1, -0.05) is 46.3 Å². The monoisotopic (exact) mass is 554 g/mol. The quantitative estimate of drug-likeness (QED) is 0.328. The Morgan fingerprint density at radius 3 is 2.60 bits per heavy atom. The molecule has 2 N–H and O–H groups in total. The summed E-state index contributed by atoms with van der Waals surface area (Å²) in [6.45, 7) is 1.81. The second-order valence-corrected chi connectivity index (χ2v) is 9.43. The molecule has 4 rings (SSSR count). The number of carbonyl (C=O) groups is 1. The Morgan fingerprint density at radius 1 is 1.06 bits per heavy atom. The Labute approximate surface area is 219 Å². The molecule has 6 nitrogen and oxygen atoms in total. The Balaban J connectivity index is 1.29. The van der Waals surface area contributed by atoms with Crippen LogP contribution in [-0.2, 0) is 11.2 Å². The molecule has 1 amide bonds. The maximum absolute atomic E-state index is 12.9. The number of hydrogen-bond acceptors (Lipinski definition) is 5. The lowest BCUT2D eigenvalue weighted by atomic mass is 10.1. The van der Waals surface area contributed by atoms with Crippen molar-refractivity contribution < 1.29 is 19.0 Å². The average molecular weight is 555 g/mol. The summed E-state index contributed by atoms with van der Waals surface area (Å²) in [4.78, 5) is 12.9. The SMILES string of the molecule is O=C(NC(=S)Nc1ccc(OCC2CCCO2)cc1)c1cc(Br)ccc1OCCc1ccccc1. The van der Waals surface area contributed by atoms with Gasteiger partial charge >= 0.3 is 0 Å². The Kier molecular flexibility index (Phi) is 9.11. The highest BCUT2D eigenvalue weighted by atomic mass is 79.9. The van der Waals surface area contributed by atoms with Crippen LogP contribution >= 0.6 is 28.1 Å². The molecule has 0 saturated carbocycles. The van der Waals surface area contributed by atoms with Crippen LogP contribution in [0.25, 0.3) is 0 Å². The lowest BCUT2D eigenvalue weighted by Gasteiger charge is -2.14. The summed E-state index contributed by atoms with van der Waals surface area (Å²) in [7, 11) is 0. The summed E-state index contributed by atoms with van der Waals surface area (Å²) in [6, 6.07) is 22.8. The summed E-state index contributed by atoms with van der Waals surface area (Å²) >= 11 is 8.78. The van der Waals surface area contributed by atoms with Crippen molar-refractivity contribution in [1.82, 2.24) is 5.32 Å². The molecule has 0 radical (unpaired) electrons. The lowest BCUT2D eigenvalue weighted by molar-refractivity contribution is 0.0679. The number of carbonyl (C=O) groups excluding carboxylic acids is 1. The van der Waals surface area contributed by atoms with E-state index in [0.29, 0.717) is 24.5 Å². The van der Waals surface area contributed by atoms with E-state index in [1.165, 1.54) is 5.56 Å². The summed E-state index contributed by atoms with van der Waals surface area (Å²) in [5.74, 6) is 0.902. The van der Waals surface area contributed by atoms with Crippen molar-refractivity contribution in [2.45, 2.75) is 25.4 Å². The second-order valence-electron chi connectivity index (χ2n) is 8.10. The van der Waals surface area contributed by atoms with E-state index in [-0.39, 0.29) is 17.1 Å². The number of thiocarbonyl (C=S) groups is 1. The molecule has 1 unspecified atom stereocenters. The van der Waals surface area contributed by atoms with Gasteiger partial charge in [-0.25, -0.2) is 0 Å². The fourth-order valence-corrected chi connectivity index (χ4v) is 4.23. The maximum atomic E-state index is 12.9. The van der Waals surface area contributed by atoms with E-state index in [2.05, 4.69) is 26.6 Å². The highest BCUT2D eigenvalue weighted by Crippen LogP contribution is 2.24. The molecular formula is C27H27BrN2O4S. The van der Waals surface area contributed by atoms with Gasteiger partial charge in [0.1, 0.15) is 18.1 Å². The molecule has 1 atom stereocenters. The number of benzene rings is 3. The van der Waals surface area contributed by atoms with Gasteiger partial charge in [-0.2, -0.15) is 0 Å². The summed E-state index contributed by atoms with van der Waals surface area (Å²) < 4.78 is 18.1. The van der Waals surface area contributed by atoms with Crippen LogP contribution in [0.5, 0.6) is 11.5 Å². The van der Waals surface area contributed by atoms with E-state index in [1.807, 2.05) is 60.7 Å². The minimum absolute atomic E-state index is 0.167. The highest BCUT2D eigenvalue weighted by molar-refractivity contribution is 9.10. The molecule has 0 bridgehead atoms. The van der Waals surface area contributed by atoms with Crippen molar-refractivity contribution >= 4 is 44.9 Å². The van der Waals surface area contributed by atoms with Crippen LogP contribution in [0.15, 0.2) is 77.3 Å². The number of anilines is 1. The molecular weight excluding hydrogens is 528 g/mol. The zero-order valence-electron chi connectivity index (χ0n) is 19.2. The Morgan fingerprint density at radius 2 is 1.86 bits per heavy atom. The highest BCUT2D eigenvalue weighted by Gasteiger charge is 2.17. The normalized spacial score (nSPS) is 14.8. The van der Waals surface area contributed by atoms with Crippen LogP contribution in [0.4, 0.5) is 5.69 Å². The van der Waals surface area contributed by atoms with E-state index < -0.39 is 0 Å². The smallest absolute Gasteiger partial charge is 0.261 e. The Hall–Kier alpha value is -2.94. The number of amides is 1. The van der Waals surface area contributed by atoms with E-state index >= 15 is 0 Å². The molecule has 8 heteroatoms. The molecule has 1 saturated heterocycles. The van der Waals surface area contributed by atoms with E-state index in [1.54, 1.807) is 12.1 Å². The minimum Gasteiger partial charge on any atom is -0.492 e. The molecule has 0 aliphatic carbocycles. The maximum Gasteiger partial charge on any atom is 0.261 e. The molecule has 1 aliphatic rings. The van der Waals surface area contributed by atoms with Gasteiger partial charge in [0.05, 0.1) is 18.3 Å². The van der Waals surface area contributed by atoms with Gasteiger partial charge in [0.25, 0.3) is 5.91 Å². The first-order valence-electron chi connectivity index (χ1n) is 11.5. The summed E-state index contributed by atoms with van der Waals surface area (Å²) in [6.07, 6.45) is 3.03. The number of ether oxygens (including phenoxy) is 3. The van der Waals surface area contributed by atoms with Crippen molar-refractivity contribution in [3.8, 4) is 11.5 Å². The van der Waals surface area contributed by atoms with Crippen LogP contribution in [0.3, 0.4) is 0 Å². The third-order valence-corrected chi connectivity index (χ3v) is 6.17. The van der Waals surface area contributed by atoms with E-state index in [0.717, 1.165) is 41.8 Å². The van der Waals surface area contributed by atoms with Gasteiger partial charge < -0.3 is 19.5 Å². The molecule has 1 fully saturated rings. The standard InChI is InChI=1S/C27H27BrN2O4S/c28-20-8-13-25(33-16-14-19-5-2-1-3-6-19)24(17-20)26(31)30-27(35)29-21-9-11-22(12-10-21)34-18-23-7-4-15-32-23/h1-3,5-6,8-13,17,23H,4,7,14-16,18H2,(H2,29,30,31,35). The summed E-state index contributed by atoms with van der Waals surface area (Å²) in [5.41, 5.74) is 2.31. The van der Waals surface area contributed by atoms with Crippen LogP contribution in [0.1, 0.15) is 28.8 Å². The fraction of sp³-hybridized carbons (Fsp3) is 0.259. The molecule has 3 aromatic rings. The van der Waals surface area contributed by atoms with Crippen molar-refractivity contribution in [2.24, 2.45) is 0 Å². The number of rotatable bonds is 9. The molecule has 35 heavy (non-hydrogen) atoms. The first-order chi connectivity index (χ1) is 17.1. The summed E-state index contributed by atoms with van der Waals surface area (Å²) in [5, 5.41) is 5.96. The molecule has 1 heterocycles. The molecule has 3 aromatic carbocycles. The van der Waals surface area contributed by atoms with Crippen molar-refractivity contribution in [1.29, 1.82) is 0 Å². The molecule has 1 aliphatic heterocycles. The molecule has 182 valence electrons. The van der Waals surface area contributed by atoms with E-state index in [4.69, 9.17) is 26.4 Å². The third-order valence-electron chi connectivity index (χ3n) is 5.48. The van der Waals surface area contributed by atoms with Gasteiger partial charge in [-0.15, -0.1) is 0 Å². The lowest BCUT2D eigenvalue weighted by Crippen LogP contribution is -2.34. The molecule has 0 aromatic heterocycles. The van der Waals surface area contributed by atoms with Crippen LogP contribution in [-0.4, -0.2) is 36.9 Å². The topological polar surface area (TPSA) is 68.8 Å². The Bertz CT molecular complexity index is 1140. The molecule has 0 spiro atoms. The predicted molar refractivity (Wildman–Crippen MR) is 144 cm³/mol. The number of nitrogens with one attached hydrogen (secondary N) is 2. The third kappa shape index (κ3) is 7.78. The number of halogens is 1. The largest absolute Gasteiger partial charge is 0.492 e. The van der Waals surface area contributed by atoms with Gasteiger partial charge in [0.2, 0.25) is 0 Å². The van der Waals surface area contributed by atoms with E-state index in [9.17, 15) is 4.79 Å². The van der Waals surface area contributed by atoms with Gasteiger partial charge in [0.15, 0.2) is 5.11 Å².